The van der Waals surface area contributed by atoms with Crippen molar-refractivity contribution in [3.05, 3.63) is 28.3 Å². The molecule has 0 aliphatic heterocycles. The van der Waals surface area contributed by atoms with E-state index >= 15 is 0 Å². The monoisotopic (exact) mass is 310 g/mol. The number of Topliss-reactive ketones (excluding diaryl/α,β-unsaturated/α-hetero) is 1. The summed E-state index contributed by atoms with van der Waals surface area (Å²) in [5.41, 5.74) is -2.18. The van der Waals surface area contributed by atoms with Gasteiger partial charge < -0.3 is 9.47 Å². The van der Waals surface area contributed by atoms with Gasteiger partial charge in [-0.15, -0.1) is 0 Å². The Kier molecular flexibility index (Phi) is 4.99. The van der Waals surface area contributed by atoms with Crippen molar-refractivity contribution >= 4 is 23.4 Å². The zero-order valence-corrected chi connectivity index (χ0v) is 11.3. The molecule has 0 fully saturated rings. The summed E-state index contributed by atoms with van der Waals surface area (Å²) in [7, 11) is 1.13. The van der Waals surface area contributed by atoms with Gasteiger partial charge in [0.2, 0.25) is 0 Å². The third-order valence-electron chi connectivity index (χ3n) is 2.30. The first-order valence-corrected chi connectivity index (χ1v) is 5.76. The predicted octanol–water partition coefficient (Wildman–Crippen LogP) is 3.11. The smallest absolute Gasteiger partial charge is 0.417 e. The molecule has 0 aromatic heterocycles. The number of alkyl halides is 3. The van der Waals surface area contributed by atoms with Crippen molar-refractivity contribution in [2.24, 2.45) is 0 Å². The van der Waals surface area contributed by atoms with Gasteiger partial charge in [-0.05, 0) is 19.1 Å². The van der Waals surface area contributed by atoms with Gasteiger partial charge in [-0.1, -0.05) is 11.6 Å². The molecular weight excluding hydrogens is 301 g/mol. The Hall–Kier alpha value is -1.76. The van der Waals surface area contributed by atoms with Crippen LogP contribution < -0.4 is 4.74 Å². The molecule has 1 rings (SSSR count). The van der Waals surface area contributed by atoms with Crippen molar-refractivity contribution in [2.45, 2.75) is 13.1 Å². The van der Waals surface area contributed by atoms with Gasteiger partial charge in [0.05, 0.1) is 24.3 Å². The maximum absolute atomic E-state index is 12.9. The molecule has 1 aromatic rings. The number of ether oxygens (including phenoxy) is 2. The van der Waals surface area contributed by atoms with E-state index in [2.05, 4.69) is 9.47 Å². The number of carbonyl (C=O) groups is 2. The molecule has 0 radical (unpaired) electrons. The molecule has 0 heterocycles. The highest BCUT2D eigenvalue weighted by Gasteiger charge is 2.38. The van der Waals surface area contributed by atoms with E-state index in [1.165, 1.54) is 6.92 Å². The minimum atomic E-state index is -4.84. The van der Waals surface area contributed by atoms with E-state index in [-0.39, 0.29) is 17.4 Å². The van der Waals surface area contributed by atoms with Crippen LogP contribution in [0.25, 0.3) is 0 Å². The van der Waals surface area contributed by atoms with Crippen molar-refractivity contribution < 1.29 is 32.2 Å². The third kappa shape index (κ3) is 3.41. The van der Waals surface area contributed by atoms with Gasteiger partial charge in [-0.3, -0.25) is 4.79 Å². The number of carbonyl (C=O) groups excluding carboxylic acids is 2. The molecule has 8 heteroatoms. The minimum absolute atomic E-state index is 0.129. The molecule has 0 amide bonds. The molecule has 0 spiro atoms. The first-order valence-electron chi connectivity index (χ1n) is 5.38. The lowest BCUT2D eigenvalue weighted by atomic mass is 10.0. The molecule has 0 saturated carbocycles. The van der Waals surface area contributed by atoms with E-state index in [0.29, 0.717) is 6.07 Å². The first kappa shape index (κ1) is 16.3. The molecule has 0 atom stereocenters. The topological polar surface area (TPSA) is 52.6 Å². The third-order valence-corrected chi connectivity index (χ3v) is 2.60. The van der Waals surface area contributed by atoms with Crippen molar-refractivity contribution in [2.75, 3.05) is 13.7 Å². The van der Waals surface area contributed by atoms with Crippen molar-refractivity contribution in [3.8, 4) is 5.75 Å². The fourth-order valence-corrected chi connectivity index (χ4v) is 1.68. The number of esters is 1. The Bertz CT molecular complexity index is 540. The van der Waals surface area contributed by atoms with Gasteiger partial charge in [0.25, 0.3) is 5.78 Å². The van der Waals surface area contributed by atoms with Crippen LogP contribution >= 0.6 is 11.6 Å². The number of benzene rings is 1. The SMILES string of the molecule is CCOC(=O)C(=O)c1cc(Cl)c(OC)cc1C(F)(F)F. The summed E-state index contributed by atoms with van der Waals surface area (Å²) in [6.07, 6.45) is -4.84. The minimum Gasteiger partial charge on any atom is -0.495 e. The average molecular weight is 311 g/mol. The van der Waals surface area contributed by atoms with E-state index in [1.54, 1.807) is 0 Å². The van der Waals surface area contributed by atoms with Gasteiger partial charge in [0.1, 0.15) is 5.75 Å². The molecule has 1 aromatic carbocycles. The predicted molar refractivity (Wildman–Crippen MR) is 64.0 cm³/mol. The lowest BCUT2D eigenvalue weighted by molar-refractivity contribution is -0.139. The Morgan fingerprint density at radius 3 is 2.35 bits per heavy atom. The summed E-state index contributed by atoms with van der Waals surface area (Å²) in [6.45, 7) is 1.30. The van der Waals surface area contributed by atoms with E-state index in [9.17, 15) is 22.8 Å². The summed E-state index contributed by atoms with van der Waals surface area (Å²) >= 11 is 5.68. The lowest BCUT2D eigenvalue weighted by Gasteiger charge is -2.14. The van der Waals surface area contributed by atoms with Crippen LogP contribution in [0.5, 0.6) is 5.75 Å². The van der Waals surface area contributed by atoms with Crippen molar-refractivity contribution in [1.29, 1.82) is 0 Å². The van der Waals surface area contributed by atoms with Crippen LogP contribution in [0.4, 0.5) is 13.2 Å². The highest BCUT2D eigenvalue weighted by Crippen LogP contribution is 2.38. The molecule has 0 unspecified atom stereocenters. The van der Waals surface area contributed by atoms with E-state index in [4.69, 9.17) is 11.6 Å². The van der Waals surface area contributed by atoms with E-state index in [0.717, 1.165) is 13.2 Å². The second kappa shape index (κ2) is 6.13. The maximum atomic E-state index is 12.9. The number of hydrogen-bond donors (Lipinski definition) is 0. The lowest BCUT2D eigenvalue weighted by Crippen LogP contribution is -2.22. The normalized spacial score (nSPS) is 11.1. The molecule has 4 nitrogen and oxygen atoms in total. The Morgan fingerprint density at radius 2 is 1.90 bits per heavy atom. The fourth-order valence-electron chi connectivity index (χ4n) is 1.44. The number of halogens is 4. The van der Waals surface area contributed by atoms with Gasteiger partial charge in [-0.25, -0.2) is 4.79 Å². The van der Waals surface area contributed by atoms with Crippen molar-refractivity contribution in [3.63, 3.8) is 0 Å². The van der Waals surface area contributed by atoms with Crippen LogP contribution in [0.15, 0.2) is 12.1 Å². The second-order valence-electron chi connectivity index (χ2n) is 3.58. The summed E-state index contributed by atoms with van der Waals surface area (Å²) in [4.78, 5) is 23.0. The van der Waals surface area contributed by atoms with E-state index < -0.39 is 29.1 Å². The number of rotatable bonds is 4. The largest absolute Gasteiger partial charge is 0.495 e. The quantitative estimate of drug-likeness (QED) is 0.487. The van der Waals surface area contributed by atoms with Gasteiger partial charge in [0, 0.05) is 5.56 Å². The average Bonchev–Trinajstić information content (AvgIpc) is 2.36. The standard InChI is InChI=1S/C12H10ClF3O4/c1-3-20-11(18)10(17)6-4-8(13)9(19-2)5-7(6)12(14,15)16/h4-5H,3H2,1-2H3. The maximum Gasteiger partial charge on any atom is 0.417 e. The molecule has 0 saturated heterocycles. The Balaban J connectivity index is 3.41. The first-order chi connectivity index (χ1) is 9.22. The molecule has 0 N–H and O–H groups in total. The summed E-state index contributed by atoms with van der Waals surface area (Å²) in [6, 6.07) is 1.30. The van der Waals surface area contributed by atoms with Crippen LogP contribution in [0.1, 0.15) is 22.8 Å². The van der Waals surface area contributed by atoms with Crippen LogP contribution in [0, 0.1) is 0 Å². The molecule has 20 heavy (non-hydrogen) atoms. The fraction of sp³-hybridized carbons (Fsp3) is 0.333. The number of ketones is 1. The van der Waals surface area contributed by atoms with Crippen LogP contribution in [-0.4, -0.2) is 25.5 Å². The summed E-state index contributed by atoms with van der Waals surface area (Å²) in [5, 5.41) is -0.215. The zero-order chi connectivity index (χ0) is 15.5. The van der Waals surface area contributed by atoms with Crippen molar-refractivity contribution in [1.82, 2.24) is 0 Å². The van der Waals surface area contributed by atoms with Crippen LogP contribution in [0.3, 0.4) is 0 Å². The summed E-state index contributed by atoms with van der Waals surface area (Å²) in [5.74, 6) is -3.04. The second-order valence-corrected chi connectivity index (χ2v) is 3.99. The zero-order valence-electron chi connectivity index (χ0n) is 10.5. The number of hydrogen-bond acceptors (Lipinski definition) is 4. The van der Waals surface area contributed by atoms with Gasteiger partial charge >= 0.3 is 12.1 Å². The molecule has 110 valence electrons. The molecule has 0 aliphatic rings. The summed E-state index contributed by atoms with van der Waals surface area (Å²) < 4.78 is 47.8. The molecule has 0 bridgehead atoms. The Morgan fingerprint density at radius 1 is 1.30 bits per heavy atom. The molecule has 0 aliphatic carbocycles. The molecular formula is C12H10ClF3O4. The highest BCUT2D eigenvalue weighted by atomic mass is 35.5. The van der Waals surface area contributed by atoms with Gasteiger partial charge in [-0.2, -0.15) is 13.2 Å². The van der Waals surface area contributed by atoms with Gasteiger partial charge in [0.15, 0.2) is 0 Å². The van der Waals surface area contributed by atoms with E-state index in [1.807, 2.05) is 0 Å². The van der Waals surface area contributed by atoms with Crippen LogP contribution in [0.2, 0.25) is 5.02 Å². The van der Waals surface area contributed by atoms with Crippen LogP contribution in [-0.2, 0) is 15.7 Å². The number of methoxy groups -OCH3 is 1. The highest BCUT2D eigenvalue weighted by molar-refractivity contribution is 6.42. The Labute approximate surface area is 117 Å².